The first-order chi connectivity index (χ1) is 10.2. The van der Waals surface area contributed by atoms with Crippen LogP contribution in [0.3, 0.4) is 0 Å². The van der Waals surface area contributed by atoms with Gasteiger partial charge in [0.1, 0.15) is 5.75 Å². The fourth-order valence-corrected chi connectivity index (χ4v) is 1.90. The first kappa shape index (κ1) is 14.9. The van der Waals surface area contributed by atoms with Gasteiger partial charge < -0.3 is 10.1 Å². The van der Waals surface area contributed by atoms with Crippen LogP contribution in [0, 0.1) is 0 Å². The van der Waals surface area contributed by atoms with Crippen molar-refractivity contribution in [1.82, 2.24) is 5.32 Å². The number of nitrogens with one attached hydrogen (secondary N) is 1. The lowest BCUT2D eigenvalue weighted by Crippen LogP contribution is -2.18. The van der Waals surface area contributed by atoms with Gasteiger partial charge in [-0.15, -0.1) is 0 Å². The maximum atomic E-state index is 11.8. The Hall–Kier alpha value is -2.46. The van der Waals surface area contributed by atoms with Crippen LogP contribution >= 0.6 is 0 Å². The molecular weight excluding hydrogens is 266 g/mol. The van der Waals surface area contributed by atoms with Crippen molar-refractivity contribution < 1.29 is 14.3 Å². The topological polar surface area (TPSA) is 55.4 Å². The number of carbonyl (C=O) groups is 2. The largest absolute Gasteiger partial charge is 0.426 e. The van der Waals surface area contributed by atoms with Gasteiger partial charge in [-0.3, -0.25) is 9.59 Å². The summed E-state index contributed by atoms with van der Waals surface area (Å²) in [7, 11) is 1.72. The van der Waals surface area contributed by atoms with E-state index in [-0.39, 0.29) is 24.7 Å². The van der Waals surface area contributed by atoms with E-state index < -0.39 is 0 Å². The summed E-state index contributed by atoms with van der Waals surface area (Å²) in [5.74, 6) is 0.118. The van der Waals surface area contributed by atoms with E-state index in [4.69, 9.17) is 4.74 Å². The Labute approximate surface area is 123 Å². The summed E-state index contributed by atoms with van der Waals surface area (Å²) in [5, 5.41) is 2.81. The van der Waals surface area contributed by atoms with Crippen molar-refractivity contribution in [3.05, 3.63) is 65.7 Å². The Morgan fingerprint density at radius 2 is 1.67 bits per heavy atom. The summed E-state index contributed by atoms with van der Waals surface area (Å²) in [5.41, 5.74) is 1.50. The average Bonchev–Trinajstić information content (AvgIpc) is 2.49. The molecule has 0 aromatic heterocycles. The van der Waals surface area contributed by atoms with Crippen LogP contribution in [-0.2, 0) is 11.2 Å². The maximum Gasteiger partial charge on any atom is 0.315 e. The molecule has 4 nitrogen and oxygen atoms in total. The Bertz CT molecular complexity index is 606. The van der Waals surface area contributed by atoms with Crippen molar-refractivity contribution in [3.8, 4) is 5.75 Å². The zero-order chi connectivity index (χ0) is 15.1. The van der Waals surface area contributed by atoms with Gasteiger partial charge in [0.15, 0.2) is 5.78 Å². The minimum atomic E-state index is -0.324. The smallest absolute Gasteiger partial charge is 0.315 e. The number of esters is 1. The molecule has 108 valence electrons. The highest BCUT2D eigenvalue weighted by Gasteiger charge is 2.08. The van der Waals surface area contributed by atoms with Crippen LogP contribution in [0.4, 0.5) is 0 Å². The molecule has 0 saturated carbocycles. The normalized spacial score (nSPS) is 10.1. The summed E-state index contributed by atoms with van der Waals surface area (Å²) in [6.45, 7) is 0.285. The predicted octanol–water partition coefficient (Wildman–Crippen LogP) is 2.24. The van der Waals surface area contributed by atoms with Crippen LogP contribution < -0.4 is 10.1 Å². The van der Waals surface area contributed by atoms with Crippen LogP contribution in [0.5, 0.6) is 5.75 Å². The van der Waals surface area contributed by atoms with Crippen molar-refractivity contribution in [2.75, 3.05) is 13.6 Å². The molecule has 0 unspecified atom stereocenters. The van der Waals surface area contributed by atoms with E-state index >= 15 is 0 Å². The molecule has 0 aliphatic carbocycles. The number of hydrogen-bond acceptors (Lipinski definition) is 4. The van der Waals surface area contributed by atoms with E-state index in [0.717, 1.165) is 5.56 Å². The molecule has 2 rings (SSSR count). The minimum Gasteiger partial charge on any atom is -0.426 e. The number of carbonyl (C=O) groups excluding carboxylic acids is 2. The van der Waals surface area contributed by atoms with Crippen LogP contribution in [0.15, 0.2) is 54.6 Å². The average molecular weight is 283 g/mol. The Morgan fingerprint density at radius 3 is 2.29 bits per heavy atom. The highest BCUT2D eigenvalue weighted by Crippen LogP contribution is 2.13. The second-order valence-corrected chi connectivity index (χ2v) is 4.61. The number of ketones is 1. The molecule has 2 aromatic carbocycles. The van der Waals surface area contributed by atoms with Gasteiger partial charge in [0, 0.05) is 5.56 Å². The molecule has 0 atom stereocenters. The van der Waals surface area contributed by atoms with Gasteiger partial charge in [-0.25, -0.2) is 0 Å². The number of rotatable bonds is 6. The molecule has 0 amide bonds. The van der Waals surface area contributed by atoms with Crippen molar-refractivity contribution >= 4 is 11.8 Å². The van der Waals surface area contributed by atoms with Gasteiger partial charge >= 0.3 is 5.97 Å². The zero-order valence-electron chi connectivity index (χ0n) is 11.8. The van der Waals surface area contributed by atoms with E-state index in [0.29, 0.717) is 11.3 Å². The van der Waals surface area contributed by atoms with E-state index in [1.54, 1.807) is 31.3 Å². The third kappa shape index (κ3) is 4.54. The van der Waals surface area contributed by atoms with Crippen LogP contribution in [0.1, 0.15) is 15.9 Å². The molecule has 0 bridgehead atoms. The van der Waals surface area contributed by atoms with E-state index in [2.05, 4.69) is 5.32 Å². The molecule has 0 heterocycles. The van der Waals surface area contributed by atoms with E-state index in [1.807, 2.05) is 30.3 Å². The lowest BCUT2D eigenvalue weighted by Gasteiger charge is -2.05. The second kappa shape index (κ2) is 7.36. The Morgan fingerprint density at radius 1 is 1.00 bits per heavy atom. The fraction of sp³-hybridized carbons (Fsp3) is 0.176. The standard InChI is InChI=1S/C17H17NO3/c1-18-12-16(19)14-7-9-15(10-8-14)21-17(20)11-13-5-3-2-4-6-13/h2-10,18H,11-12H2,1H3. The van der Waals surface area contributed by atoms with E-state index in [1.165, 1.54) is 0 Å². The quantitative estimate of drug-likeness (QED) is 0.502. The van der Waals surface area contributed by atoms with Crippen LogP contribution in [-0.4, -0.2) is 25.3 Å². The predicted molar refractivity (Wildman–Crippen MR) is 80.5 cm³/mol. The highest BCUT2D eigenvalue weighted by atomic mass is 16.5. The number of benzene rings is 2. The summed E-state index contributed by atoms with van der Waals surface area (Å²) in [6.07, 6.45) is 0.223. The fourth-order valence-electron chi connectivity index (χ4n) is 1.90. The molecule has 21 heavy (non-hydrogen) atoms. The van der Waals surface area contributed by atoms with Gasteiger partial charge in [-0.05, 0) is 36.9 Å². The monoisotopic (exact) mass is 283 g/mol. The molecule has 0 fully saturated rings. The molecule has 0 radical (unpaired) electrons. The summed E-state index contributed by atoms with van der Waals surface area (Å²) in [4.78, 5) is 23.5. The van der Waals surface area contributed by atoms with Crippen LogP contribution in [0.25, 0.3) is 0 Å². The maximum absolute atomic E-state index is 11.8. The van der Waals surface area contributed by atoms with Crippen molar-refractivity contribution in [2.24, 2.45) is 0 Å². The molecular formula is C17H17NO3. The molecule has 1 N–H and O–H groups in total. The second-order valence-electron chi connectivity index (χ2n) is 4.61. The molecule has 0 spiro atoms. The minimum absolute atomic E-state index is 0.000313. The van der Waals surface area contributed by atoms with Gasteiger partial charge in [-0.2, -0.15) is 0 Å². The molecule has 0 saturated heterocycles. The highest BCUT2D eigenvalue weighted by molar-refractivity contribution is 5.97. The lowest BCUT2D eigenvalue weighted by molar-refractivity contribution is -0.133. The number of hydrogen-bond donors (Lipinski definition) is 1. The summed E-state index contributed by atoms with van der Waals surface area (Å²) in [6, 6.07) is 16.0. The lowest BCUT2D eigenvalue weighted by atomic mass is 10.1. The Balaban J connectivity index is 1.94. The summed E-state index contributed by atoms with van der Waals surface area (Å²) >= 11 is 0. The number of likely N-dealkylation sites (N-methyl/N-ethyl adjacent to an activating group) is 1. The van der Waals surface area contributed by atoms with Gasteiger partial charge in [0.2, 0.25) is 0 Å². The first-order valence-corrected chi connectivity index (χ1v) is 6.71. The first-order valence-electron chi connectivity index (χ1n) is 6.71. The van der Waals surface area contributed by atoms with Gasteiger partial charge in [-0.1, -0.05) is 30.3 Å². The van der Waals surface area contributed by atoms with Gasteiger partial charge in [0.25, 0.3) is 0 Å². The van der Waals surface area contributed by atoms with Crippen molar-refractivity contribution in [3.63, 3.8) is 0 Å². The molecule has 0 aliphatic rings. The van der Waals surface area contributed by atoms with Crippen LogP contribution in [0.2, 0.25) is 0 Å². The number of ether oxygens (including phenoxy) is 1. The SMILES string of the molecule is CNCC(=O)c1ccc(OC(=O)Cc2ccccc2)cc1. The third-order valence-corrected chi connectivity index (χ3v) is 2.94. The van der Waals surface area contributed by atoms with Crippen molar-refractivity contribution in [1.29, 1.82) is 0 Å². The number of Topliss-reactive ketones (excluding diaryl/α,β-unsaturated/α-hetero) is 1. The third-order valence-electron chi connectivity index (χ3n) is 2.94. The molecule has 2 aromatic rings. The van der Waals surface area contributed by atoms with E-state index in [9.17, 15) is 9.59 Å². The molecule has 0 aliphatic heterocycles. The van der Waals surface area contributed by atoms with Gasteiger partial charge in [0.05, 0.1) is 13.0 Å². The summed E-state index contributed by atoms with van der Waals surface area (Å²) < 4.78 is 5.25. The molecule has 4 heteroatoms. The zero-order valence-corrected chi connectivity index (χ0v) is 11.8. The Kier molecular flexibility index (Phi) is 5.23. The van der Waals surface area contributed by atoms with Crippen molar-refractivity contribution in [2.45, 2.75) is 6.42 Å².